The average molecular weight is 273 g/mol. The second kappa shape index (κ2) is 4.37. The van der Waals surface area contributed by atoms with Crippen molar-refractivity contribution >= 4 is 21.8 Å². The molecule has 1 aliphatic heterocycles. The van der Waals surface area contributed by atoms with Gasteiger partial charge in [0.05, 0.1) is 11.8 Å². The van der Waals surface area contributed by atoms with E-state index in [4.69, 9.17) is 4.42 Å². The van der Waals surface area contributed by atoms with Crippen molar-refractivity contribution in [3.8, 4) is 0 Å². The molecule has 0 saturated carbocycles. The molecule has 0 radical (unpaired) electrons. The third-order valence-electron chi connectivity index (χ3n) is 2.61. The van der Waals surface area contributed by atoms with Gasteiger partial charge in [0.25, 0.3) is 5.91 Å². The molecule has 1 aromatic heterocycles. The summed E-state index contributed by atoms with van der Waals surface area (Å²) in [5.41, 5.74) is 0.601. The van der Waals surface area contributed by atoms with Crippen molar-refractivity contribution in [3.05, 3.63) is 22.6 Å². The summed E-state index contributed by atoms with van der Waals surface area (Å²) in [6.07, 6.45) is 1.52. The molecule has 2 heterocycles. The van der Waals surface area contributed by atoms with Gasteiger partial charge >= 0.3 is 0 Å². The van der Waals surface area contributed by atoms with Crippen LogP contribution in [0.5, 0.6) is 0 Å². The van der Waals surface area contributed by atoms with Crippen molar-refractivity contribution < 1.29 is 9.21 Å². The summed E-state index contributed by atoms with van der Waals surface area (Å²) in [6.45, 7) is 4.49. The van der Waals surface area contributed by atoms with Gasteiger partial charge < -0.3 is 14.6 Å². The van der Waals surface area contributed by atoms with Gasteiger partial charge in [0.15, 0.2) is 4.67 Å². The lowest BCUT2D eigenvalue weighted by molar-refractivity contribution is 0.0653. The number of furan rings is 1. The monoisotopic (exact) mass is 272 g/mol. The number of nitrogens with zero attached hydrogens (tertiary/aromatic N) is 1. The number of hydrogen-bond donors (Lipinski definition) is 1. The van der Waals surface area contributed by atoms with Gasteiger partial charge in [-0.05, 0) is 28.9 Å². The van der Waals surface area contributed by atoms with Crippen LogP contribution < -0.4 is 5.32 Å². The first kappa shape index (κ1) is 10.7. The Morgan fingerprint density at radius 3 is 3.13 bits per heavy atom. The van der Waals surface area contributed by atoms with Crippen LogP contribution in [0.15, 0.2) is 21.4 Å². The molecule has 1 saturated heterocycles. The first-order valence-corrected chi connectivity index (χ1v) is 5.74. The third-order valence-corrected chi connectivity index (χ3v) is 3.22. The van der Waals surface area contributed by atoms with Crippen molar-refractivity contribution in [3.63, 3.8) is 0 Å². The van der Waals surface area contributed by atoms with Crippen molar-refractivity contribution in [2.24, 2.45) is 0 Å². The summed E-state index contributed by atoms with van der Waals surface area (Å²) in [4.78, 5) is 14.0. The van der Waals surface area contributed by atoms with E-state index in [1.54, 1.807) is 6.07 Å². The van der Waals surface area contributed by atoms with Gasteiger partial charge in [-0.1, -0.05) is 0 Å². The number of piperazine rings is 1. The Hall–Kier alpha value is -0.810. The Kier molecular flexibility index (Phi) is 3.11. The molecule has 1 atom stereocenters. The fourth-order valence-electron chi connectivity index (χ4n) is 1.74. The molecular weight excluding hydrogens is 260 g/mol. The Morgan fingerprint density at radius 1 is 1.73 bits per heavy atom. The van der Waals surface area contributed by atoms with Crippen LogP contribution in [0.4, 0.5) is 0 Å². The molecule has 1 N–H and O–H groups in total. The maximum atomic E-state index is 12.1. The van der Waals surface area contributed by atoms with Crippen LogP contribution >= 0.6 is 15.9 Å². The van der Waals surface area contributed by atoms with Crippen molar-refractivity contribution in [2.45, 2.75) is 13.0 Å². The molecule has 15 heavy (non-hydrogen) atoms. The summed E-state index contributed by atoms with van der Waals surface area (Å²) in [7, 11) is 0. The largest absolute Gasteiger partial charge is 0.457 e. The fraction of sp³-hybridized carbons (Fsp3) is 0.500. The van der Waals surface area contributed by atoms with E-state index in [0.717, 1.165) is 19.6 Å². The van der Waals surface area contributed by atoms with Crippen LogP contribution in [-0.2, 0) is 0 Å². The van der Waals surface area contributed by atoms with Crippen LogP contribution in [0, 0.1) is 0 Å². The van der Waals surface area contributed by atoms with Gasteiger partial charge in [0.2, 0.25) is 0 Å². The number of rotatable bonds is 1. The highest BCUT2D eigenvalue weighted by Crippen LogP contribution is 2.20. The number of halogens is 1. The second-order valence-corrected chi connectivity index (χ2v) is 4.38. The third kappa shape index (κ3) is 2.08. The first-order valence-electron chi connectivity index (χ1n) is 4.95. The molecule has 0 aromatic carbocycles. The van der Waals surface area contributed by atoms with Crippen LogP contribution in [-0.4, -0.2) is 36.5 Å². The Morgan fingerprint density at radius 2 is 2.53 bits per heavy atom. The predicted octanol–water partition coefficient (Wildman–Crippen LogP) is 1.48. The number of nitrogens with one attached hydrogen (secondary N) is 1. The van der Waals surface area contributed by atoms with Gasteiger partial charge in [-0.2, -0.15) is 0 Å². The highest BCUT2D eigenvalue weighted by Gasteiger charge is 2.26. The van der Waals surface area contributed by atoms with Crippen LogP contribution in [0.25, 0.3) is 0 Å². The number of carbonyl (C=O) groups is 1. The topological polar surface area (TPSA) is 45.5 Å². The molecule has 4 nitrogen and oxygen atoms in total. The Balaban J connectivity index is 2.17. The van der Waals surface area contributed by atoms with Gasteiger partial charge in [-0.25, -0.2) is 0 Å². The molecule has 0 bridgehead atoms. The van der Waals surface area contributed by atoms with Gasteiger partial charge in [0.1, 0.15) is 0 Å². The van der Waals surface area contributed by atoms with E-state index >= 15 is 0 Å². The summed E-state index contributed by atoms with van der Waals surface area (Å²) in [6, 6.07) is 1.93. The standard InChI is InChI=1S/C10H13BrN2O2/c1-7-6-12-3-4-13(7)10(14)8-2-5-15-9(8)11/h2,5,7,12H,3-4,6H2,1H3/t7-/m0/s1. The molecule has 0 aliphatic carbocycles. The summed E-state index contributed by atoms with van der Waals surface area (Å²) < 4.78 is 5.58. The lowest BCUT2D eigenvalue weighted by Gasteiger charge is -2.33. The molecule has 0 spiro atoms. The maximum absolute atomic E-state index is 12.1. The zero-order chi connectivity index (χ0) is 10.8. The molecule has 1 amide bonds. The molecule has 1 fully saturated rings. The zero-order valence-electron chi connectivity index (χ0n) is 8.50. The zero-order valence-corrected chi connectivity index (χ0v) is 10.1. The highest BCUT2D eigenvalue weighted by molar-refractivity contribution is 9.10. The van der Waals surface area contributed by atoms with E-state index in [1.807, 2.05) is 11.8 Å². The molecule has 2 rings (SSSR count). The van der Waals surface area contributed by atoms with E-state index in [0.29, 0.717) is 10.2 Å². The van der Waals surface area contributed by atoms with Crippen molar-refractivity contribution in [1.82, 2.24) is 10.2 Å². The minimum absolute atomic E-state index is 0.0321. The Labute approximate surface area is 96.7 Å². The SMILES string of the molecule is C[C@H]1CNCCN1C(=O)c1ccoc1Br. The van der Waals surface area contributed by atoms with Gasteiger partial charge in [-0.3, -0.25) is 4.79 Å². The molecule has 1 aromatic rings. The summed E-state index contributed by atoms with van der Waals surface area (Å²) in [5, 5.41) is 3.25. The molecule has 82 valence electrons. The number of amides is 1. The van der Waals surface area contributed by atoms with Crippen molar-refractivity contribution in [1.29, 1.82) is 0 Å². The molecule has 1 aliphatic rings. The summed E-state index contributed by atoms with van der Waals surface area (Å²) in [5.74, 6) is 0.0321. The number of carbonyl (C=O) groups excluding carboxylic acids is 1. The minimum Gasteiger partial charge on any atom is -0.457 e. The maximum Gasteiger partial charge on any atom is 0.258 e. The van der Waals surface area contributed by atoms with E-state index in [1.165, 1.54) is 6.26 Å². The van der Waals surface area contributed by atoms with E-state index in [-0.39, 0.29) is 11.9 Å². The lowest BCUT2D eigenvalue weighted by atomic mass is 10.2. The first-order chi connectivity index (χ1) is 7.20. The minimum atomic E-state index is 0.0321. The molecular formula is C10H13BrN2O2. The van der Waals surface area contributed by atoms with E-state index < -0.39 is 0 Å². The van der Waals surface area contributed by atoms with Crippen molar-refractivity contribution in [2.75, 3.05) is 19.6 Å². The fourth-order valence-corrected chi connectivity index (χ4v) is 2.15. The van der Waals surface area contributed by atoms with Gasteiger partial charge in [0, 0.05) is 25.7 Å². The quantitative estimate of drug-likeness (QED) is 0.843. The smallest absolute Gasteiger partial charge is 0.258 e. The molecule has 5 heteroatoms. The second-order valence-electron chi connectivity index (χ2n) is 3.66. The molecule has 0 unspecified atom stereocenters. The van der Waals surface area contributed by atoms with Crippen LogP contribution in [0.3, 0.4) is 0 Å². The van der Waals surface area contributed by atoms with Crippen LogP contribution in [0.2, 0.25) is 0 Å². The Bertz CT molecular complexity index is 364. The van der Waals surface area contributed by atoms with E-state index in [2.05, 4.69) is 21.2 Å². The normalized spacial score (nSPS) is 21.7. The number of hydrogen-bond acceptors (Lipinski definition) is 3. The van der Waals surface area contributed by atoms with Gasteiger partial charge in [-0.15, -0.1) is 0 Å². The van der Waals surface area contributed by atoms with Crippen LogP contribution in [0.1, 0.15) is 17.3 Å². The summed E-state index contributed by atoms with van der Waals surface area (Å²) >= 11 is 3.22. The predicted molar refractivity (Wildman–Crippen MR) is 59.8 cm³/mol. The highest BCUT2D eigenvalue weighted by atomic mass is 79.9. The lowest BCUT2D eigenvalue weighted by Crippen LogP contribution is -2.52. The average Bonchev–Trinajstić information content (AvgIpc) is 2.64. The van der Waals surface area contributed by atoms with E-state index in [9.17, 15) is 4.79 Å².